The van der Waals surface area contributed by atoms with Crippen molar-refractivity contribution in [3.63, 3.8) is 0 Å². The third kappa shape index (κ3) is 3.34. The van der Waals surface area contributed by atoms with Crippen molar-refractivity contribution in [1.82, 2.24) is 19.2 Å². The van der Waals surface area contributed by atoms with Gasteiger partial charge in [-0.2, -0.15) is 5.10 Å². The van der Waals surface area contributed by atoms with Crippen molar-refractivity contribution in [1.29, 1.82) is 0 Å². The molecule has 5 aromatic rings. The standard InChI is InChI=1S/C22H18N4O2S2/c1-25-14-17(12-24-25)20-7-8-21(29-20)19-13-23-22-11-16(9-10-26(19)22)15-3-5-18(6-4-15)30(2,27)28/h3-14H,1-2H3. The number of imidazole rings is 1. The van der Waals surface area contributed by atoms with Gasteiger partial charge in [-0.05, 0) is 47.5 Å². The van der Waals surface area contributed by atoms with E-state index in [1.54, 1.807) is 28.2 Å². The average molecular weight is 435 g/mol. The number of sulfone groups is 1. The van der Waals surface area contributed by atoms with Crippen molar-refractivity contribution < 1.29 is 8.42 Å². The molecule has 0 saturated carbocycles. The van der Waals surface area contributed by atoms with Crippen LogP contribution >= 0.6 is 11.3 Å². The third-order valence-electron chi connectivity index (χ3n) is 4.98. The maximum atomic E-state index is 11.7. The summed E-state index contributed by atoms with van der Waals surface area (Å²) in [5.74, 6) is 0. The van der Waals surface area contributed by atoms with Crippen molar-refractivity contribution in [3.05, 3.63) is 73.3 Å². The van der Waals surface area contributed by atoms with E-state index in [9.17, 15) is 8.42 Å². The number of rotatable bonds is 4. The lowest BCUT2D eigenvalue weighted by atomic mass is 10.1. The first kappa shape index (κ1) is 18.8. The molecule has 0 N–H and O–H groups in total. The van der Waals surface area contributed by atoms with Gasteiger partial charge in [0.15, 0.2) is 9.84 Å². The Kier molecular flexibility index (Phi) is 4.34. The molecule has 0 aliphatic heterocycles. The van der Waals surface area contributed by atoms with Gasteiger partial charge in [0.1, 0.15) is 5.65 Å². The molecule has 0 atom stereocenters. The fourth-order valence-electron chi connectivity index (χ4n) is 3.42. The molecule has 1 aromatic carbocycles. The van der Waals surface area contributed by atoms with Crippen LogP contribution in [0.15, 0.2) is 78.2 Å². The summed E-state index contributed by atoms with van der Waals surface area (Å²) in [4.78, 5) is 7.19. The smallest absolute Gasteiger partial charge is 0.175 e. The Labute approximate surface area is 178 Å². The highest BCUT2D eigenvalue weighted by Crippen LogP contribution is 2.35. The highest BCUT2D eigenvalue weighted by molar-refractivity contribution is 7.90. The van der Waals surface area contributed by atoms with E-state index in [0.717, 1.165) is 37.8 Å². The van der Waals surface area contributed by atoms with Crippen LogP contribution in [0.5, 0.6) is 0 Å². The second-order valence-corrected chi connectivity index (χ2v) is 10.2. The highest BCUT2D eigenvalue weighted by Gasteiger charge is 2.12. The molecule has 0 unspecified atom stereocenters. The number of hydrogen-bond acceptors (Lipinski definition) is 5. The Morgan fingerprint density at radius 1 is 0.900 bits per heavy atom. The van der Waals surface area contributed by atoms with Gasteiger partial charge in [0.05, 0.1) is 27.9 Å². The first-order valence-corrected chi connectivity index (χ1v) is 12.0. The number of nitrogens with zero attached hydrogens (tertiary/aromatic N) is 4. The second-order valence-electron chi connectivity index (χ2n) is 7.15. The summed E-state index contributed by atoms with van der Waals surface area (Å²) in [6, 6.07) is 15.2. The van der Waals surface area contributed by atoms with E-state index in [-0.39, 0.29) is 0 Å². The molecule has 0 fully saturated rings. The molecule has 0 spiro atoms. The zero-order chi connectivity index (χ0) is 20.9. The minimum absolute atomic E-state index is 0.317. The Hall–Kier alpha value is -3.23. The van der Waals surface area contributed by atoms with E-state index in [0.29, 0.717) is 4.90 Å². The van der Waals surface area contributed by atoms with E-state index in [1.165, 1.54) is 6.26 Å². The second kappa shape index (κ2) is 6.93. The first-order chi connectivity index (χ1) is 14.4. The lowest BCUT2D eigenvalue weighted by Gasteiger charge is -2.05. The van der Waals surface area contributed by atoms with Gasteiger partial charge in [-0.3, -0.25) is 9.08 Å². The molecule has 30 heavy (non-hydrogen) atoms. The summed E-state index contributed by atoms with van der Waals surface area (Å²) in [6.07, 6.45) is 8.97. The zero-order valence-electron chi connectivity index (χ0n) is 16.4. The lowest BCUT2D eigenvalue weighted by molar-refractivity contribution is 0.602. The molecule has 0 aliphatic carbocycles. The summed E-state index contributed by atoms with van der Waals surface area (Å²) < 4.78 is 27.2. The minimum atomic E-state index is -3.20. The number of aromatic nitrogens is 4. The topological polar surface area (TPSA) is 69.3 Å². The summed E-state index contributed by atoms with van der Waals surface area (Å²) in [7, 11) is -1.29. The van der Waals surface area contributed by atoms with Crippen molar-refractivity contribution in [2.24, 2.45) is 7.05 Å². The lowest BCUT2D eigenvalue weighted by Crippen LogP contribution is -1.96. The molecule has 150 valence electrons. The van der Waals surface area contributed by atoms with Crippen LogP contribution in [0.25, 0.3) is 37.8 Å². The predicted octanol–water partition coefficient (Wildman–Crippen LogP) is 4.53. The number of hydrogen-bond donors (Lipinski definition) is 0. The van der Waals surface area contributed by atoms with Crippen LogP contribution in [0, 0.1) is 0 Å². The van der Waals surface area contributed by atoms with E-state index < -0.39 is 9.84 Å². The summed E-state index contributed by atoms with van der Waals surface area (Å²) in [5, 5.41) is 4.24. The molecule has 6 nitrogen and oxygen atoms in total. The molecule has 0 amide bonds. The Morgan fingerprint density at radius 2 is 1.67 bits per heavy atom. The number of fused-ring (bicyclic) bond motifs is 1. The molecule has 5 rings (SSSR count). The SMILES string of the molecule is Cn1cc(-c2ccc(-c3cnc4cc(-c5ccc(S(C)(=O)=O)cc5)ccn34)s2)cn1. The van der Waals surface area contributed by atoms with Gasteiger partial charge < -0.3 is 0 Å². The van der Waals surface area contributed by atoms with Crippen LogP contribution in [-0.4, -0.2) is 33.8 Å². The van der Waals surface area contributed by atoms with Crippen LogP contribution in [0.2, 0.25) is 0 Å². The fraction of sp³-hybridized carbons (Fsp3) is 0.0909. The molecule has 0 saturated heterocycles. The Bertz CT molecular complexity index is 1480. The fourth-order valence-corrected chi connectivity index (χ4v) is 5.03. The summed E-state index contributed by atoms with van der Waals surface area (Å²) in [6.45, 7) is 0. The number of aryl methyl sites for hydroxylation is 1. The minimum Gasteiger partial charge on any atom is -0.299 e. The van der Waals surface area contributed by atoms with Gasteiger partial charge in [0.2, 0.25) is 0 Å². The van der Waals surface area contributed by atoms with Gasteiger partial charge in [-0.25, -0.2) is 13.4 Å². The Balaban J connectivity index is 1.49. The van der Waals surface area contributed by atoms with Crippen LogP contribution in [0.1, 0.15) is 0 Å². The average Bonchev–Trinajstić information content (AvgIpc) is 3.45. The summed E-state index contributed by atoms with van der Waals surface area (Å²) in [5.41, 5.74) is 4.91. The number of pyridine rings is 1. The molecule has 0 radical (unpaired) electrons. The molecule has 8 heteroatoms. The molecule has 0 bridgehead atoms. The molecule has 4 aromatic heterocycles. The monoisotopic (exact) mass is 434 g/mol. The van der Waals surface area contributed by atoms with Crippen LogP contribution in [-0.2, 0) is 16.9 Å². The largest absolute Gasteiger partial charge is 0.299 e. The maximum absolute atomic E-state index is 11.7. The number of thiophene rings is 1. The van der Waals surface area contributed by atoms with Crippen molar-refractivity contribution >= 4 is 26.8 Å². The molecule has 4 heterocycles. The molecular formula is C22H18N4O2S2. The first-order valence-electron chi connectivity index (χ1n) is 9.25. The normalized spacial score (nSPS) is 11.9. The molecular weight excluding hydrogens is 416 g/mol. The highest BCUT2D eigenvalue weighted by atomic mass is 32.2. The van der Waals surface area contributed by atoms with Crippen LogP contribution in [0.4, 0.5) is 0 Å². The van der Waals surface area contributed by atoms with Crippen molar-refractivity contribution in [2.75, 3.05) is 6.26 Å². The zero-order valence-corrected chi connectivity index (χ0v) is 18.0. The summed E-state index contributed by atoms with van der Waals surface area (Å²) >= 11 is 1.71. The van der Waals surface area contributed by atoms with E-state index in [4.69, 9.17) is 0 Å². The van der Waals surface area contributed by atoms with Gasteiger partial charge in [-0.1, -0.05) is 12.1 Å². The Morgan fingerprint density at radius 3 is 2.37 bits per heavy atom. The predicted molar refractivity (Wildman–Crippen MR) is 119 cm³/mol. The van der Waals surface area contributed by atoms with Crippen LogP contribution < -0.4 is 0 Å². The quantitative estimate of drug-likeness (QED) is 0.417. The van der Waals surface area contributed by atoms with Crippen LogP contribution in [0.3, 0.4) is 0 Å². The van der Waals surface area contributed by atoms with E-state index in [2.05, 4.69) is 26.6 Å². The van der Waals surface area contributed by atoms with Crippen molar-refractivity contribution in [3.8, 4) is 32.1 Å². The van der Waals surface area contributed by atoms with E-state index >= 15 is 0 Å². The van der Waals surface area contributed by atoms with Gasteiger partial charge >= 0.3 is 0 Å². The third-order valence-corrected chi connectivity index (χ3v) is 7.26. The van der Waals surface area contributed by atoms with Gasteiger partial charge in [-0.15, -0.1) is 11.3 Å². The maximum Gasteiger partial charge on any atom is 0.175 e. The van der Waals surface area contributed by atoms with Gasteiger partial charge in [0.25, 0.3) is 0 Å². The molecule has 0 aliphatic rings. The number of benzene rings is 1. The van der Waals surface area contributed by atoms with Gasteiger partial charge in [0, 0.05) is 36.1 Å². The van der Waals surface area contributed by atoms with Crippen molar-refractivity contribution in [2.45, 2.75) is 4.90 Å². The van der Waals surface area contributed by atoms with E-state index in [1.807, 2.05) is 56.1 Å².